The summed E-state index contributed by atoms with van der Waals surface area (Å²) in [6.07, 6.45) is 0. The van der Waals surface area contributed by atoms with Crippen molar-refractivity contribution in [2.45, 2.75) is 0 Å². The van der Waals surface area contributed by atoms with E-state index in [4.69, 9.17) is 14.4 Å². The number of fused-ring (bicyclic) bond motifs is 11. The summed E-state index contributed by atoms with van der Waals surface area (Å²) < 4.78 is 11.1. The van der Waals surface area contributed by atoms with E-state index in [1.54, 1.807) is 0 Å². The third kappa shape index (κ3) is 4.09. The maximum atomic E-state index is 6.41. The summed E-state index contributed by atoms with van der Waals surface area (Å²) in [6.45, 7) is 0. The van der Waals surface area contributed by atoms with Crippen LogP contribution in [0.3, 0.4) is 0 Å². The summed E-state index contributed by atoms with van der Waals surface area (Å²) in [7, 11) is 0. The van der Waals surface area contributed by atoms with Crippen LogP contribution >= 0.6 is 0 Å². The lowest BCUT2D eigenvalue weighted by molar-refractivity contribution is 0.669. The molecule has 0 saturated heterocycles. The van der Waals surface area contributed by atoms with Gasteiger partial charge in [-0.2, -0.15) is 0 Å². The minimum absolute atomic E-state index is 0.631. The van der Waals surface area contributed by atoms with Gasteiger partial charge < -0.3 is 8.98 Å². The van der Waals surface area contributed by atoms with E-state index in [1.165, 1.54) is 10.8 Å². The van der Waals surface area contributed by atoms with Crippen LogP contribution in [0.1, 0.15) is 0 Å². The van der Waals surface area contributed by atoms with Crippen LogP contribution in [0, 0.1) is 0 Å². The average molecular weight is 653 g/mol. The summed E-state index contributed by atoms with van der Waals surface area (Å²) >= 11 is 0. The summed E-state index contributed by atoms with van der Waals surface area (Å²) in [5.41, 5.74) is 11.1. The third-order valence-electron chi connectivity index (χ3n) is 10.1. The van der Waals surface area contributed by atoms with Crippen molar-refractivity contribution < 1.29 is 4.42 Å². The zero-order valence-electron chi connectivity index (χ0n) is 27.4. The Balaban J connectivity index is 1.31. The lowest BCUT2D eigenvalue weighted by Gasteiger charge is -2.12. The van der Waals surface area contributed by atoms with E-state index in [9.17, 15) is 0 Å². The molecule has 4 heterocycles. The molecule has 5 heteroatoms. The molecule has 0 fully saturated rings. The standard InChI is InChI=1S/C46H28N4O/c1-4-14-29(15-5-1)35-28-36(30-16-6-2-7-17-30)48-46(47-35)50-37-22-12-10-20-32(37)43-39(50)25-24-34-42-38(49(45(34)43)31-18-8-3-9-19-31)26-27-41-44(42)33-21-11-13-23-40(33)51-41/h1-28H. The van der Waals surface area contributed by atoms with Crippen LogP contribution in [0.5, 0.6) is 0 Å². The lowest BCUT2D eigenvalue weighted by Crippen LogP contribution is -2.04. The normalized spacial score (nSPS) is 11.9. The Hall–Kier alpha value is -6.98. The van der Waals surface area contributed by atoms with Crippen molar-refractivity contribution in [2.24, 2.45) is 0 Å². The molecule has 0 amide bonds. The lowest BCUT2D eigenvalue weighted by atomic mass is 10.0. The van der Waals surface area contributed by atoms with Gasteiger partial charge in [-0.05, 0) is 48.5 Å². The molecule has 0 saturated carbocycles. The molecule has 0 aliphatic carbocycles. The predicted octanol–water partition coefficient (Wildman–Crippen LogP) is 11.9. The monoisotopic (exact) mass is 652 g/mol. The molecule has 11 rings (SSSR count). The maximum absolute atomic E-state index is 6.41. The van der Waals surface area contributed by atoms with Gasteiger partial charge in [-0.3, -0.25) is 4.57 Å². The number of aromatic nitrogens is 4. The fraction of sp³-hybridized carbons (Fsp3) is 0. The van der Waals surface area contributed by atoms with Gasteiger partial charge in [0.1, 0.15) is 11.2 Å². The Morgan fingerprint density at radius 3 is 1.71 bits per heavy atom. The fourth-order valence-electron chi connectivity index (χ4n) is 7.97. The van der Waals surface area contributed by atoms with Gasteiger partial charge in [0.05, 0.1) is 33.5 Å². The van der Waals surface area contributed by atoms with Crippen molar-refractivity contribution in [3.05, 3.63) is 170 Å². The molecule has 7 aromatic carbocycles. The van der Waals surface area contributed by atoms with Gasteiger partial charge in [-0.25, -0.2) is 9.97 Å². The van der Waals surface area contributed by atoms with E-state index in [1.807, 2.05) is 18.2 Å². The first-order valence-corrected chi connectivity index (χ1v) is 17.2. The van der Waals surface area contributed by atoms with Gasteiger partial charge in [-0.15, -0.1) is 0 Å². The molecule has 0 atom stereocenters. The van der Waals surface area contributed by atoms with Gasteiger partial charge in [0, 0.05) is 49.1 Å². The third-order valence-corrected chi connectivity index (χ3v) is 10.1. The first-order valence-electron chi connectivity index (χ1n) is 17.2. The Kier molecular flexibility index (Phi) is 5.89. The Bertz CT molecular complexity index is 3060. The maximum Gasteiger partial charge on any atom is 0.235 e. The van der Waals surface area contributed by atoms with Crippen LogP contribution in [0.4, 0.5) is 0 Å². The number of nitrogens with zero attached hydrogens (tertiary/aromatic N) is 4. The molecule has 0 radical (unpaired) electrons. The minimum atomic E-state index is 0.631. The van der Waals surface area contributed by atoms with Crippen molar-refractivity contribution in [1.29, 1.82) is 0 Å². The topological polar surface area (TPSA) is 48.8 Å². The molecule has 238 valence electrons. The first kappa shape index (κ1) is 27.9. The number of rotatable bonds is 4. The van der Waals surface area contributed by atoms with E-state index < -0.39 is 0 Å². The summed E-state index contributed by atoms with van der Waals surface area (Å²) in [4.78, 5) is 10.6. The van der Waals surface area contributed by atoms with Crippen LogP contribution in [0.2, 0.25) is 0 Å². The van der Waals surface area contributed by atoms with Crippen LogP contribution in [-0.2, 0) is 0 Å². The molecular formula is C46H28N4O. The van der Waals surface area contributed by atoms with Gasteiger partial charge >= 0.3 is 0 Å². The largest absolute Gasteiger partial charge is 0.456 e. The molecule has 4 aromatic heterocycles. The van der Waals surface area contributed by atoms with Crippen LogP contribution in [-0.4, -0.2) is 19.1 Å². The summed E-state index contributed by atoms with van der Waals surface area (Å²) in [5, 5.41) is 6.90. The number of benzene rings is 7. The molecule has 51 heavy (non-hydrogen) atoms. The van der Waals surface area contributed by atoms with Crippen molar-refractivity contribution in [3.63, 3.8) is 0 Å². The van der Waals surface area contributed by atoms with Gasteiger partial charge in [0.15, 0.2) is 0 Å². The molecular weight excluding hydrogens is 625 g/mol. The summed E-state index contributed by atoms with van der Waals surface area (Å²) in [6, 6.07) is 59.3. The number of furan rings is 1. The van der Waals surface area contributed by atoms with E-state index in [-0.39, 0.29) is 0 Å². The van der Waals surface area contributed by atoms with Crippen molar-refractivity contribution in [3.8, 4) is 34.2 Å². The van der Waals surface area contributed by atoms with E-state index in [2.05, 4.69) is 161 Å². The van der Waals surface area contributed by atoms with Crippen molar-refractivity contribution >= 4 is 65.6 Å². The molecule has 11 aromatic rings. The van der Waals surface area contributed by atoms with E-state index >= 15 is 0 Å². The van der Waals surface area contributed by atoms with E-state index in [0.29, 0.717) is 5.95 Å². The number of para-hydroxylation sites is 3. The second-order valence-corrected chi connectivity index (χ2v) is 13.0. The van der Waals surface area contributed by atoms with Crippen LogP contribution in [0.15, 0.2) is 174 Å². The van der Waals surface area contributed by atoms with Crippen molar-refractivity contribution in [2.75, 3.05) is 0 Å². The second kappa shape index (κ2) is 10.8. The molecule has 0 bridgehead atoms. The smallest absolute Gasteiger partial charge is 0.235 e. The fourth-order valence-corrected chi connectivity index (χ4v) is 7.97. The molecule has 0 spiro atoms. The molecule has 0 N–H and O–H groups in total. The molecule has 5 nitrogen and oxygen atoms in total. The Morgan fingerprint density at radius 1 is 0.392 bits per heavy atom. The van der Waals surface area contributed by atoms with Gasteiger partial charge in [-0.1, -0.05) is 121 Å². The van der Waals surface area contributed by atoms with E-state index in [0.717, 1.165) is 83.0 Å². The van der Waals surface area contributed by atoms with Crippen LogP contribution < -0.4 is 0 Å². The SMILES string of the molecule is c1ccc(-c2cc(-c3ccccc3)nc(-n3c4ccccc4c4c3ccc3c5c6c(ccc5n(-c5ccccc5)c34)oc3ccccc36)n2)cc1. The number of hydrogen-bond acceptors (Lipinski definition) is 3. The predicted molar refractivity (Wildman–Crippen MR) is 209 cm³/mol. The highest BCUT2D eigenvalue weighted by atomic mass is 16.3. The Morgan fingerprint density at radius 2 is 0.980 bits per heavy atom. The molecule has 0 aliphatic rings. The highest BCUT2D eigenvalue weighted by molar-refractivity contribution is 6.32. The van der Waals surface area contributed by atoms with Gasteiger partial charge in [0.2, 0.25) is 5.95 Å². The highest BCUT2D eigenvalue weighted by Crippen LogP contribution is 2.45. The number of hydrogen-bond donors (Lipinski definition) is 0. The first-order chi connectivity index (χ1) is 25.3. The van der Waals surface area contributed by atoms with Crippen LogP contribution in [0.25, 0.3) is 99.7 Å². The minimum Gasteiger partial charge on any atom is -0.456 e. The van der Waals surface area contributed by atoms with Gasteiger partial charge in [0.25, 0.3) is 0 Å². The Labute approximate surface area is 292 Å². The summed E-state index contributed by atoms with van der Waals surface area (Å²) in [5.74, 6) is 0.631. The zero-order chi connectivity index (χ0) is 33.5. The highest BCUT2D eigenvalue weighted by Gasteiger charge is 2.24. The quantitative estimate of drug-likeness (QED) is 0.190. The molecule has 0 unspecified atom stereocenters. The molecule has 0 aliphatic heterocycles. The second-order valence-electron chi connectivity index (χ2n) is 13.0. The zero-order valence-corrected chi connectivity index (χ0v) is 27.4. The van der Waals surface area contributed by atoms with Crippen molar-refractivity contribution in [1.82, 2.24) is 19.1 Å². The average Bonchev–Trinajstić information content (AvgIpc) is 3.86.